The van der Waals surface area contributed by atoms with E-state index in [9.17, 15) is 13.6 Å². The first-order chi connectivity index (χ1) is 14.1. The molecule has 2 aromatic rings. The van der Waals surface area contributed by atoms with Gasteiger partial charge in [0.05, 0.1) is 0 Å². The van der Waals surface area contributed by atoms with Gasteiger partial charge in [0.2, 0.25) is 5.91 Å². The highest BCUT2D eigenvalue weighted by molar-refractivity contribution is 14.0. The van der Waals surface area contributed by atoms with Crippen molar-refractivity contribution in [3.63, 3.8) is 0 Å². The number of fused-ring (bicyclic) bond motifs is 1. The van der Waals surface area contributed by atoms with Gasteiger partial charge in [0.25, 0.3) is 0 Å². The second-order valence-electron chi connectivity index (χ2n) is 7.03. The van der Waals surface area contributed by atoms with Crippen LogP contribution in [0.2, 0.25) is 0 Å². The molecular weight excluding hydrogens is 501 g/mol. The van der Waals surface area contributed by atoms with Gasteiger partial charge in [-0.05, 0) is 42.2 Å². The van der Waals surface area contributed by atoms with Crippen molar-refractivity contribution in [2.45, 2.75) is 32.4 Å². The lowest BCUT2D eigenvalue weighted by atomic mass is 9.99. The maximum absolute atomic E-state index is 13.7. The molecule has 2 N–H and O–H groups in total. The summed E-state index contributed by atoms with van der Waals surface area (Å²) in [6.07, 6.45) is 2.00. The van der Waals surface area contributed by atoms with E-state index in [1.54, 1.807) is 7.05 Å². The van der Waals surface area contributed by atoms with Gasteiger partial charge >= 0.3 is 0 Å². The molecule has 5 nitrogen and oxygen atoms in total. The van der Waals surface area contributed by atoms with Gasteiger partial charge in [0, 0.05) is 45.2 Å². The Labute approximate surface area is 193 Å². The first-order valence-electron chi connectivity index (χ1n) is 9.80. The van der Waals surface area contributed by atoms with Crippen LogP contribution in [-0.4, -0.2) is 36.9 Å². The molecule has 8 heteroatoms. The van der Waals surface area contributed by atoms with E-state index < -0.39 is 11.6 Å². The molecule has 0 bridgehead atoms. The molecule has 1 amide bonds. The number of halogens is 3. The van der Waals surface area contributed by atoms with Crippen molar-refractivity contribution in [3.8, 4) is 0 Å². The first-order valence-corrected chi connectivity index (χ1v) is 9.80. The zero-order chi connectivity index (χ0) is 20.6. The molecule has 0 aliphatic carbocycles. The second-order valence-corrected chi connectivity index (χ2v) is 7.03. The number of rotatable bonds is 6. The number of hydrogen-bond acceptors (Lipinski definition) is 2. The van der Waals surface area contributed by atoms with Crippen molar-refractivity contribution in [1.29, 1.82) is 0 Å². The Morgan fingerprint density at radius 3 is 2.67 bits per heavy atom. The van der Waals surface area contributed by atoms with Crippen molar-refractivity contribution in [3.05, 3.63) is 70.8 Å². The SMILES string of the molecule is CN=C(NCCCC(=O)N1CCc2ccccc2C1)NCc1cc(F)ccc1F.I. The van der Waals surface area contributed by atoms with Crippen molar-refractivity contribution in [1.82, 2.24) is 15.5 Å². The molecule has 0 atom stereocenters. The molecule has 0 spiro atoms. The van der Waals surface area contributed by atoms with Crippen molar-refractivity contribution >= 4 is 35.8 Å². The molecule has 0 saturated carbocycles. The summed E-state index contributed by atoms with van der Waals surface area (Å²) >= 11 is 0. The molecular formula is C22H27F2IN4O. The van der Waals surface area contributed by atoms with Crippen LogP contribution in [-0.2, 0) is 24.3 Å². The molecule has 2 aromatic carbocycles. The molecule has 30 heavy (non-hydrogen) atoms. The lowest BCUT2D eigenvalue weighted by molar-refractivity contribution is -0.132. The number of benzene rings is 2. The molecule has 1 aliphatic heterocycles. The summed E-state index contributed by atoms with van der Waals surface area (Å²) in [7, 11) is 1.60. The standard InChI is InChI=1S/C22H26F2N4O.HI/c1-25-22(27-14-18-13-19(23)8-9-20(18)24)26-11-4-7-21(29)28-12-10-16-5-2-3-6-17(16)15-28;/h2-3,5-6,8-9,13H,4,7,10-12,14-15H2,1H3,(H2,25,26,27);1H. The molecule has 0 fully saturated rings. The molecule has 162 valence electrons. The zero-order valence-corrected chi connectivity index (χ0v) is 19.3. The van der Waals surface area contributed by atoms with Gasteiger partial charge in [0.15, 0.2) is 5.96 Å². The fraction of sp³-hybridized carbons (Fsp3) is 0.364. The minimum absolute atomic E-state index is 0. The predicted molar refractivity (Wildman–Crippen MR) is 125 cm³/mol. The van der Waals surface area contributed by atoms with Crippen LogP contribution in [0, 0.1) is 11.6 Å². The summed E-state index contributed by atoms with van der Waals surface area (Å²) < 4.78 is 26.9. The number of carbonyl (C=O) groups excluding carboxylic acids is 1. The van der Waals surface area contributed by atoms with Gasteiger partial charge in [-0.25, -0.2) is 8.78 Å². The monoisotopic (exact) mass is 528 g/mol. The Hall–Kier alpha value is -2.23. The summed E-state index contributed by atoms with van der Waals surface area (Å²) in [6.45, 7) is 2.10. The van der Waals surface area contributed by atoms with E-state index in [1.165, 1.54) is 11.1 Å². The smallest absolute Gasteiger partial charge is 0.222 e. The van der Waals surface area contributed by atoms with Gasteiger partial charge in [0.1, 0.15) is 11.6 Å². The molecule has 0 radical (unpaired) electrons. The Kier molecular flexibility index (Phi) is 9.48. The van der Waals surface area contributed by atoms with Crippen LogP contribution in [0.5, 0.6) is 0 Å². The minimum Gasteiger partial charge on any atom is -0.356 e. The molecule has 0 aromatic heterocycles. The van der Waals surface area contributed by atoms with Crippen molar-refractivity contribution in [2.24, 2.45) is 4.99 Å². The third-order valence-corrected chi connectivity index (χ3v) is 5.02. The number of aliphatic imine (C=N–C) groups is 1. The highest BCUT2D eigenvalue weighted by Crippen LogP contribution is 2.19. The minimum atomic E-state index is -0.481. The van der Waals surface area contributed by atoms with E-state index in [2.05, 4.69) is 27.8 Å². The first kappa shape index (κ1) is 24.0. The maximum Gasteiger partial charge on any atom is 0.222 e. The number of guanidine groups is 1. The van der Waals surface area contributed by atoms with Crippen LogP contribution in [0.1, 0.15) is 29.5 Å². The highest BCUT2D eigenvalue weighted by atomic mass is 127. The summed E-state index contributed by atoms with van der Waals surface area (Å²) in [4.78, 5) is 18.5. The molecule has 0 saturated heterocycles. The predicted octanol–water partition coefficient (Wildman–Crippen LogP) is 3.61. The van der Waals surface area contributed by atoms with Crippen LogP contribution in [0.3, 0.4) is 0 Å². The van der Waals surface area contributed by atoms with E-state index in [4.69, 9.17) is 0 Å². The number of nitrogens with zero attached hydrogens (tertiary/aromatic N) is 2. The average Bonchev–Trinajstić information content (AvgIpc) is 2.74. The van der Waals surface area contributed by atoms with E-state index in [-0.39, 0.29) is 42.0 Å². The van der Waals surface area contributed by atoms with Crippen LogP contribution in [0.15, 0.2) is 47.5 Å². The van der Waals surface area contributed by atoms with E-state index >= 15 is 0 Å². The number of nitrogens with one attached hydrogen (secondary N) is 2. The van der Waals surface area contributed by atoms with Gasteiger partial charge in [-0.2, -0.15) is 0 Å². The molecule has 3 rings (SSSR count). The number of carbonyl (C=O) groups is 1. The number of amides is 1. The van der Waals surface area contributed by atoms with Crippen LogP contribution in [0.25, 0.3) is 0 Å². The Morgan fingerprint density at radius 1 is 1.13 bits per heavy atom. The topological polar surface area (TPSA) is 56.7 Å². The zero-order valence-electron chi connectivity index (χ0n) is 17.0. The van der Waals surface area contributed by atoms with Crippen LogP contribution >= 0.6 is 24.0 Å². The average molecular weight is 528 g/mol. The van der Waals surface area contributed by atoms with Crippen molar-refractivity contribution < 1.29 is 13.6 Å². The van der Waals surface area contributed by atoms with Crippen molar-refractivity contribution in [2.75, 3.05) is 20.1 Å². The summed E-state index contributed by atoms with van der Waals surface area (Å²) in [6, 6.07) is 11.6. The lowest BCUT2D eigenvalue weighted by Gasteiger charge is -2.29. The second kappa shape index (κ2) is 11.8. The van der Waals surface area contributed by atoms with Gasteiger partial charge in [-0.1, -0.05) is 24.3 Å². The molecule has 1 aliphatic rings. The lowest BCUT2D eigenvalue weighted by Crippen LogP contribution is -2.39. The maximum atomic E-state index is 13.7. The van der Waals surface area contributed by atoms with E-state index in [0.29, 0.717) is 31.9 Å². The Morgan fingerprint density at radius 2 is 1.90 bits per heavy atom. The highest BCUT2D eigenvalue weighted by Gasteiger charge is 2.19. The Bertz CT molecular complexity index is 891. The fourth-order valence-corrected chi connectivity index (χ4v) is 3.39. The summed E-state index contributed by atoms with van der Waals surface area (Å²) in [5.74, 6) is -0.327. The van der Waals surface area contributed by atoms with Crippen LogP contribution in [0.4, 0.5) is 8.78 Å². The van der Waals surface area contributed by atoms with Gasteiger partial charge < -0.3 is 15.5 Å². The normalized spacial score (nSPS) is 13.3. The third kappa shape index (κ3) is 6.65. The molecule has 1 heterocycles. The fourth-order valence-electron chi connectivity index (χ4n) is 3.39. The van der Waals surface area contributed by atoms with Gasteiger partial charge in [-0.3, -0.25) is 9.79 Å². The largest absolute Gasteiger partial charge is 0.356 e. The third-order valence-electron chi connectivity index (χ3n) is 5.02. The Balaban J connectivity index is 0.00000320. The summed E-state index contributed by atoms with van der Waals surface area (Å²) in [5, 5.41) is 6.05. The van der Waals surface area contributed by atoms with Crippen LogP contribution < -0.4 is 10.6 Å². The number of hydrogen-bond donors (Lipinski definition) is 2. The summed E-state index contributed by atoms with van der Waals surface area (Å²) in [5.41, 5.74) is 2.77. The van der Waals surface area contributed by atoms with Gasteiger partial charge in [-0.15, -0.1) is 24.0 Å². The molecule has 0 unspecified atom stereocenters. The van der Waals surface area contributed by atoms with E-state index in [0.717, 1.165) is 31.2 Å². The van der Waals surface area contributed by atoms with E-state index in [1.807, 2.05) is 17.0 Å². The quantitative estimate of drug-likeness (QED) is 0.261.